The Labute approximate surface area is 154 Å². The molecule has 0 bridgehead atoms. The lowest BCUT2D eigenvalue weighted by molar-refractivity contribution is 0.181. The van der Waals surface area contributed by atoms with Gasteiger partial charge in [0.25, 0.3) is 10.0 Å². The fraction of sp³-hybridized carbons (Fsp3) is 0.312. The largest absolute Gasteiger partial charge is 0.296 e. The van der Waals surface area contributed by atoms with Gasteiger partial charge < -0.3 is 0 Å². The number of hydrogen-bond donors (Lipinski definition) is 0. The molecule has 126 valence electrons. The SMILES string of the molecule is N#Cc1ccccc1CN1CCN(S(=O)(=O)c2ccc(Br)s2)CC1. The summed E-state index contributed by atoms with van der Waals surface area (Å²) in [6.45, 7) is 2.92. The van der Waals surface area contributed by atoms with Crippen LogP contribution in [0, 0.1) is 11.3 Å². The molecule has 3 rings (SSSR count). The van der Waals surface area contributed by atoms with Gasteiger partial charge in [0.1, 0.15) is 4.21 Å². The third-order valence-corrected chi connectivity index (χ3v) is 8.00. The summed E-state index contributed by atoms with van der Waals surface area (Å²) in [6.07, 6.45) is 0. The van der Waals surface area contributed by atoms with Crippen molar-refractivity contribution in [3.63, 3.8) is 0 Å². The first kappa shape index (κ1) is 17.6. The zero-order valence-corrected chi connectivity index (χ0v) is 16.1. The Morgan fingerprint density at radius 3 is 2.46 bits per heavy atom. The number of nitriles is 1. The third-order valence-electron chi connectivity index (χ3n) is 4.01. The Balaban J connectivity index is 1.65. The zero-order chi connectivity index (χ0) is 17.2. The number of sulfonamides is 1. The molecule has 0 spiro atoms. The summed E-state index contributed by atoms with van der Waals surface area (Å²) in [4.78, 5) is 2.19. The lowest BCUT2D eigenvalue weighted by Gasteiger charge is -2.33. The van der Waals surface area contributed by atoms with E-state index >= 15 is 0 Å². The van der Waals surface area contributed by atoms with E-state index in [1.54, 1.807) is 12.1 Å². The van der Waals surface area contributed by atoms with Crippen molar-refractivity contribution in [2.45, 2.75) is 10.8 Å². The molecule has 2 aromatic rings. The van der Waals surface area contributed by atoms with Crippen molar-refractivity contribution in [1.82, 2.24) is 9.21 Å². The van der Waals surface area contributed by atoms with Gasteiger partial charge in [-0.1, -0.05) is 18.2 Å². The van der Waals surface area contributed by atoms with Crippen LogP contribution < -0.4 is 0 Å². The molecule has 0 N–H and O–H groups in total. The van der Waals surface area contributed by atoms with Crippen LogP contribution in [0.25, 0.3) is 0 Å². The molecular formula is C16H16BrN3O2S2. The first-order valence-corrected chi connectivity index (χ1v) is 10.5. The number of nitrogens with zero attached hydrogens (tertiary/aromatic N) is 3. The van der Waals surface area contributed by atoms with Gasteiger partial charge in [0.2, 0.25) is 0 Å². The van der Waals surface area contributed by atoms with Crippen LogP contribution in [-0.2, 0) is 16.6 Å². The standard InChI is InChI=1S/C16H16BrN3O2S2/c17-15-5-6-16(23-15)24(21,22)20-9-7-19(8-10-20)12-14-4-2-1-3-13(14)11-18/h1-6H,7-10,12H2. The van der Waals surface area contributed by atoms with Gasteiger partial charge in [-0.15, -0.1) is 11.3 Å². The van der Waals surface area contributed by atoms with Crippen LogP contribution in [0.1, 0.15) is 11.1 Å². The molecule has 0 atom stereocenters. The van der Waals surface area contributed by atoms with Gasteiger partial charge in [0.05, 0.1) is 15.4 Å². The number of halogens is 1. The van der Waals surface area contributed by atoms with Crippen molar-refractivity contribution >= 4 is 37.3 Å². The third kappa shape index (κ3) is 3.71. The molecule has 2 heterocycles. The zero-order valence-electron chi connectivity index (χ0n) is 12.9. The van der Waals surface area contributed by atoms with Gasteiger partial charge in [0.15, 0.2) is 0 Å². The Hall–Kier alpha value is -1.24. The van der Waals surface area contributed by atoms with Crippen molar-refractivity contribution in [2.75, 3.05) is 26.2 Å². The topological polar surface area (TPSA) is 64.4 Å². The van der Waals surface area contributed by atoms with E-state index in [-0.39, 0.29) is 0 Å². The molecule has 0 amide bonds. The smallest absolute Gasteiger partial charge is 0.252 e. The molecule has 1 aliphatic rings. The van der Waals surface area contributed by atoms with E-state index in [0.29, 0.717) is 42.5 Å². The average Bonchev–Trinajstić information content (AvgIpc) is 3.03. The second-order valence-corrected chi connectivity index (χ2v) is 10.1. The van der Waals surface area contributed by atoms with Crippen molar-refractivity contribution in [2.24, 2.45) is 0 Å². The molecule has 0 unspecified atom stereocenters. The molecule has 1 saturated heterocycles. The molecule has 5 nitrogen and oxygen atoms in total. The highest BCUT2D eigenvalue weighted by molar-refractivity contribution is 9.11. The van der Waals surface area contributed by atoms with E-state index in [1.165, 1.54) is 15.6 Å². The molecule has 1 aliphatic heterocycles. The van der Waals surface area contributed by atoms with Crippen LogP contribution in [0.4, 0.5) is 0 Å². The Kier molecular flexibility index (Phi) is 5.37. The number of thiophene rings is 1. The second kappa shape index (κ2) is 7.33. The Morgan fingerprint density at radius 2 is 1.83 bits per heavy atom. The number of rotatable bonds is 4. The van der Waals surface area contributed by atoms with Crippen LogP contribution in [0.3, 0.4) is 0 Å². The molecule has 0 aliphatic carbocycles. The maximum atomic E-state index is 12.6. The van der Waals surface area contributed by atoms with Crippen molar-refractivity contribution in [3.05, 3.63) is 51.3 Å². The van der Waals surface area contributed by atoms with Crippen molar-refractivity contribution < 1.29 is 8.42 Å². The van der Waals surface area contributed by atoms with Gasteiger partial charge in [0, 0.05) is 32.7 Å². The summed E-state index contributed by atoms with van der Waals surface area (Å²) in [5.74, 6) is 0. The highest BCUT2D eigenvalue weighted by atomic mass is 79.9. The fourth-order valence-electron chi connectivity index (χ4n) is 2.70. The molecule has 1 aromatic carbocycles. The summed E-state index contributed by atoms with van der Waals surface area (Å²) in [6, 6.07) is 13.1. The van der Waals surface area contributed by atoms with E-state index in [0.717, 1.165) is 9.35 Å². The van der Waals surface area contributed by atoms with Crippen LogP contribution in [0.2, 0.25) is 0 Å². The molecule has 1 fully saturated rings. The van der Waals surface area contributed by atoms with Gasteiger partial charge in [-0.2, -0.15) is 9.57 Å². The summed E-state index contributed by atoms with van der Waals surface area (Å²) < 4.78 is 28.0. The Bertz CT molecular complexity index is 865. The minimum absolute atomic E-state index is 0.373. The lowest BCUT2D eigenvalue weighted by Crippen LogP contribution is -2.48. The van der Waals surface area contributed by atoms with Crippen molar-refractivity contribution in [1.29, 1.82) is 5.26 Å². The monoisotopic (exact) mass is 425 g/mol. The summed E-state index contributed by atoms with van der Waals surface area (Å²) >= 11 is 4.54. The van der Waals surface area contributed by atoms with Gasteiger partial charge >= 0.3 is 0 Å². The summed E-state index contributed by atoms with van der Waals surface area (Å²) in [7, 11) is -3.41. The van der Waals surface area contributed by atoms with E-state index in [1.807, 2.05) is 24.3 Å². The maximum absolute atomic E-state index is 12.6. The predicted octanol–water partition coefficient (Wildman–Crippen LogP) is 2.89. The van der Waals surface area contributed by atoms with E-state index < -0.39 is 10.0 Å². The minimum Gasteiger partial charge on any atom is -0.296 e. The first-order valence-electron chi connectivity index (χ1n) is 7.46. The summed E-state index contributed by atoms with van der Waals surface area (Å²) in [5.41, 5.74) is 1.66. The van der Waals surface area contributed by atoms with Gasteiger partial charge in [-0.25, -0.2) is 8.42 Å². The minimum atomic E-state index is -3.41. The fourth-order valence-corrected chi connectivity index (χ4v) is 6.29. The van der Waals surface area contributed by atoms with Gasteiger partial charge in [-0.05, 0) is 39.7 Å². The van der Waals surface area contributed by atoms with Crippen LogP contribution in [-0.4, -0.2) is 43.8 Å². The highest BCUT2D eigenvalue weighted by Crippen LogP contribution is 2.29. The van der Waals surface area contributed by atoms with Crippen LogP contribution in [0.5, 0.6) is 0 Å². The summed E-state index contributed by atoms with van der Waals surface area (Å²) in [5, 5.41) is 9.17. The lowest BCUT2D eigenvalue weighted by atomic mass is 10.1. The molecular weight excluding hydrogens is 410 g/mol. The molecule has 8 heteroatoms. The van der Waals surface area contributed by atoms with E-state index in [9.17, 15) is 8.42 Å². The maximum Gasteiger partial charge on any atom is 0.252 e. The molecule has 24 heavy (non-hydrogen) atoms. The van der Waals surface area contributed by atoms with E-state index in [2.05, 4.69) is 26.9 Å². The number of piperazine rings is 1. The van der Waals surface area contributed by atoms with Crippen molar-refractivity contribution in [3.8, 4) is 6.07 Å². The number of hydrogen-bond acceptors (Lipinski definition) is 5. The highest BCUT2D eigenvalue weighted by Gasteiger charge is 2.29. The molecule has 0 radical (unpaired) electrons. The average molecular weight is 426 g/mol. The molecule has 0 saturated carbocycles. The van der Waals surface area contributed by atoms with Gasteiger partial charge in [-0.3, -0.25) is 4.90 Å². The second-order valence-electron chi connectivity index (χ2n) is 5.51. The van der Waals surface area contributed by atoms with E-state index in [4.69, 9.17) is 5.26 Å². The van der Waals surface area contributed by atoms with Crippen LogP contribution >= 0.6 is 27.3 Å². The predicted molar refractivity (Wildman–Crippen MR) is 97.2 cm³/mol. The number of benzene rings is 1. The van der Waals surface area contributed by atoms with Crippen LogP contribution in [0.15, 0.2) is 44.4 Å². The Morgan fingerprint density at radius 1 is 1.12 bits per heavy atom. The molecule has 1 aromatic heterocycles. The normalized spacial score (nSPS) is 16.8. The first-order chi connectivity index (χ1) is 11.5. The quantitative estimate of drug-likeness (QED) is 0.754.